The van der Waals surface area contributed by atoms with Gasteiger partial charge in [0, 0.05) is 4.91 Å². The maximum Gasteiger partial charge on any atom is 0.292 e. The van der Waals surface area contributed by atoms with E-state index in [2.05, 4.69) is 61.0 Å². The molecule has 3 aromatic rings. The predicted octanol–water partition coefficient (Wildman–Crippen LogP) is -0.895. The molecule has 3 rings (SSSR count). The highest BCUT2D eigenvalue weighted by Crippen LogP contribution is 2.12. The Kier molecular flexibility index (Phi) is 3.28. The lowest BCUT2D eigenvalue weighted by Crippen LogP contribution is -2.11. The van der Waals surface area contributed by atoms with Crippen molar-refractivity contribution in [2.75, 3.05) is 11.1 Å². The molecule has 0 aliphatic heterocycles. The van der Waals surface area contributed by atoms with Crippen molar-refractivity contribution < 1.29 is 0 Å². The summed E-state index contributed by atoms with van der Waals surface area (Å²) in [6, 6.07) is 1.75. The van der Waals surface area contributed by atoms with Crippen LogP contribution in [0.25, 0.3) is 16.4 Å². The van der Waals surface area contributed by atoms with Gasteiger partial charge in [-0.15, -0.1) is 30.6 Å². The number of anilines is 3. The number of rotatable bonds is 4. The van der Waals surface area contributed by atoms with Crippen LogP contribution in [-0.2, 0) is 0 Å². The van der Waals surface area contributed by atoms with Crippen molar-refractivity contribution in [2.45, 2.75) is 0 Å². The molecule has 0 saturated carbocycles. The Bertz CT molecular complexity index is 918. The van der Waals surface area contributed by atoms with E-state index < -0.39 is 0 Å². The van der Waals surface area contributed by atoms with E-state index in [1.165, 1.54) is 0 Å². The molecule has 3 aromatic heterocycles. The van der Waals surface area contributed by atoms with Gasteiger partial charge in [-0.05, 0) is 10.6 Å². The van der Waals surface area contributed by atoms with E-state index in [9.17, 15) is 0 Å². The topological polar surface area (TPSA) is 234 Å². The quantitative estimate of drug-likeness (QED) is 0.303. The van der Waals surface area contributed by atoms with Crippen molar-refractivity contribution in [3.63, 3.8) is 0 Å². The lowest BCUT2D eigenvalue weighted by molar-refractivity contribution is 0.738. The standard InChI is InChI=1S/C7H4N16/c8-1-2-11-4(15-14-2)13-5-16-19-7(20-17-5)23-3(9)12-6(21-23)18-22-10/h(H2,9,12,21)(H2,11,13,14,15,16,17). The van der Waals surface area contributed by atoms with Gasteiger partial charge in [0.2, 0.25) is 17.8 Å². The van der Waals surface area contributed by atoms with E-state index >= 15 is 0 Å². The van der Waals surface area contributed by atoms with E-state index in [-0.39, 0.29) is 35.6 Å². The fraction of sp³-hybridized carbons (Fsp3) is 0. The molecule has 0 fully saturated rings. The number of nitriles is 1. The largest absolute Gasteiger partial charge is 0.368 e. The normalized spacial score (nSPS) is 9.87. The minimum Gasteiger partial charge on any atom is -0.368 e. The molecule has 0 aromatic carbocycles. The monoisotopic (exact) mass is 312 g/mol. The van der Waals surface area contributed by atoms with Crippen molar-refractivity contribution in [1.29, 1.82) is 5.26 Å². The third kappa shape index (κ3) is 2.74. The number of hydrogen-bond acceptors (Lipinski definition) is 12. The summed E-state index contributed by atoms with van der Waals surface area (Å²) < 4.78 is 0.996. The van der Waals surface area contributed by atoms with Crippen LogP contribution in [0.1, 0.15) is 5.82 Å². The molecule has 0 atom stereocenters. The Morgan fingerprint density at radius 2 is 2.09 bits per heavy atom. The summed E-state index contributed by atoms with van der Waals surface area (Å²) in [7, 11) is 0. The summed E-state index contributed by atoms with van der Waals surface area (Å²) in [4.78, 5) is 9.99. The Morgan fingerprint density at radius 3 is 2.74 bits per heavy atom. The van der Waals surface area contributed by atoms with Crippen molar-refractivity contribution in [1.82, 2.24) is 50.3 Å². The number of hydrogen-bond donors (Lipinski definition) is 3. The van der Waals surface area contributed by atoms with Crippen LogP contribution in [0.5, 0.6) is 0 Å². The van der Waals surface area contributed by atoms with Crippen LogP contribution in [0, 0.1) is 11.3 Å². The van der Waals surface area contributed by atoms with Crippen LogP contribution in [0.3, 0.4) is 0 Å². The van der Waals surface area contributed by atoms with Gasteiger partial charge in [-0.1, -0.05) is 0 Å². The van der Waals surface area contributed by atoms with Crippen LogP contribution in [-0.4, -0.2) is 50.3 Å². The molecule has 0 amide bonds. The summed E-state index contributed by atoms with van der Waals surface area (Å²) in [5.74, 6) is -0.305. The van der Waals surface area contributed by atoms with Crippen LogP contribution < -0.4 is 11.1 Å². The van der Waals surface area contributed by atoms with Gasteiger partial charge in [-0.2, -0.15) is 19.9 Å². The molecule has 23 heavy (non-hydrogen) atoms. The average molecular weight is 312 g/mol. The zero-order valence-electron chi connectivity index (χ0n) is 10.9. The number of aromatic nitrogens is 10. The summed E-state index contributed by atoms with van der Waals surface area (Å²) in [6.45, 7) is 0. The van der Waals surface area contributed by atoms with Crippen molar-refractivity contribution >= 4 is 23.8 Å². The molecule has 3 heterocycles. The van der Waals surface area contributed by atoms with Crippen LogP contribution >= 0.6 is 0 Å². The fourth-order valence-electron chi connectivity index (χ4n) is 1.37. The highest BCUT2D eigenvalue weighted by atomic mass is 15.5. The average Bonchev–Trinajstić information content (AvgIpc) is 3.15. The second kappa shape index (κ2) is 5.55. The maximum absolute atomic E-state index is 8.61. The van der Waals surface area contributed by atoms with Crippen molar-refractivity contribution in [3.8, 4) is 12.0 Å². The molecule has 16 nitrogen and oxygen atoms in total. The zero-order chi connectivity index (χ0) is 16.2. The second-order valence-corrected chi connectivity index (χ2v) is 3.64. The fourth-order valence-corrected chi connectivity index (χ4v) is 1.37. The number of aromatic amines is 1. The summed E-state index contributed by atoms with van der Waals surface area (Å²) >= 11 is 0. The molecule has 0 bridgehead atoms. The van der Waals surface area contributed by atoms with Gasteiger partial charge in [-0.25, -0.2) is 5.10 Å². The number of azide groups is 1. The lowest BCUT2D eigenvalue weighted by Gasteiger charge is -2.00. The van der Waals surface area contributed by atoms with E-state index in [0.29, 0.717) is 0 Å². The van der Waals surface area contributed by atoms with Crippen LogP contribution in [0.2, 0.25) is 0 Å². The molecule has 4 N–H and O–H groups in total. The third-order valence-corrected chi connectivity index (χ3v) is 2.23. The van der Waals surface area contributed by atoms with Gasteiger partial charge in [0.15, 0.2) is 0 Å². The minimum atomic E-state index is -0.193. The molecule has 0 radical (unpaired) electrons. The number of nitrogens with one attached hydrogen (secondary N) is 2. The van der Waals surface area contributed by atoms with Gasteiger partial charge >= 0.3 is 0 Å². The number of nitrogen functional groups attached to an aromatic ring is 1. The van der Waals surface area contributed by atoms with E-state index in [1.807, 2.05) is 0 Å². The van der Waals surface area contributed by atoms with Gasteiger partial charge < -0.3 is 5.73 Å². The summed E-state index contributed by atoms with van der Waals surface area (Å²) in [6.07, 6.45) is 0. The molecule has 112 valence electrons. The van der Waals surface area contributed by atoms with Crippen molar-refractivity contribution in [2.24, 2.45) is 5.11 Å². The second-order valence-electron chi connectivity index (χ2n) is 3.64. The number of nitrogens with zero attached hydrogens (tertiary/aromatic N) is 13. The molecule has 0 aliphatic carbocycles. The maximum atomic E-state index is 8.61. The minimum absolute atomic E-state index is 0.0108. The molecular formula is C7H4N16. The van der Waals surface area contributed by atoms with Gasteiger partial charge in [0.1, 0.15) is 6.07 Å². The van der Waals surface area contributed by atoms with Gasteiger partial charge in [-0.3, -0.25) is 5.32 Å². The highest BCUT2D eigenvalue weighted by molar-refractivity contribution is 5.41. The lowest BCUT2D eigenvalue weighted by atomic mass is 10.7. The van der Waals surface area contributed by atoms with Crippen LogP contribution in [0.15, 0.2) is 5.11 Å². The molecular weight excluding hydrogens is 308 g/mol. The van der Waals surface area contributed by atoms with E-state index in [1.54, 1.807) is 6.07 Å². The van der Waals surface area contributed by atoms with Gasteiger partial charge in [0.25, 0.3) is 17.7 Å². The zero-order valence-corrected chi connectivity index (χ0v) is 10.9. The smallest absolute Gasteiger partial charge is 0.292 e. The van der Waals surface area contributed by atoms with E-state index in [4.69, 9.17) is 16.5 Å². The molecule has 0 unspecified atom stereocenters. The Morgan fingerprint density at radius 1 is 1.30 bits per heavy atom. The first-order valence-electron chi connectivity index (χ1n) is 5.64. The van der Waals surface area contributed by atoms with E-state index in [0.717, 1.165) is 4.68 Å². The van der Waals surface area contributed by atoms with Crippen molar-refractivity contribution in [3.05, 3.63) is 16.3 Å². The molecule has 16 heteroatoms. The Labute approximate surface area is 125 Å². The Balaban J connectivity index is 1.82. The number of H-pyrrole nitrogens is 1. The predicted molar refractivity (Wildman–Crippen MR) is 70.1 cm³/mol. The molecule has 0 spiro atoms. The molecule has 0 aliphatic rings. The number of nitrogens with two attached hydrogens (primary N) is 1. The first-order valence-corrected chi connectivity index (χ1v) is 5.64. The third-order valence-electron chi connectivity index (χ3n) is 2.23. The Hall–Kier alpha value is -4.38. The SMILES string of the molecule is N#Cc1n[nH]c(Nc2nnc(-n3nc(N=[N+]=[N-])nc3N)nn2)n1. The first kappa shape index (κ1) is 13.6. The highest BCUT2D eigenvalue weighted by Gasteiger charge is 2.12. The first-order chi connectivity index (χ1) is 11.2. The summed E-state index contributed by atoms with van der Waals surface area (Å²) in [5.41, 5.74) is 13.9. The molecule has 0 saturated heterocycles. The van der Waals surface area contributed by atoms with Crippen LogP contribution in [0.4, 0.5) is 23.8 Å². The van der Waals surface area contributed by atoms with Gasteiger partial charge in [0.05, 0.1) is 0 Å². The summed E-state index contributed by atoms with van der Waals surface area (Å²) in [5, 5.41) is 39.2.